The van der Waals surface area contributed by atoms with Gasteiger partial charge in [0.1, 0.15) is 0 Å². The van der Waals surface area contributed by atoms with Gasteiger partial charge in [-0.15, -0.1) is 0 Å². The van der Waals surface area contributed by atoms with Crippen molar-refractivity contribution in [2.24, 2.45) is 0 Å². The van der Waals surface area contributed by atoms with Gasteiger partial charge in [0, 0.05) is 12.6 Å². The van der Waals surface area contributed by atoms with Crippen LogP contribution in [0.4, 0.5) is 0 Å². The number of carbonyl (C=O) groups is 1. The van der Waals surface area contributed by atoms with Crippen LogP contribution in [0, 0.1) is 5.41 Å². The lowest BCUT2D eigenvalue weighted by molar-refractivity contribution is 0.0873. The fraction of sp³-hybridized carbons (Fsp3) is 0.200. The maximum atomic E-state index is 11.7. The molecule has 0 fully saturated rings. The Hall–Kier alpha value is -1.29. The Bertz CT molecular complexity index is 337. The monoisotopic (exact) mass is 208 g/mol. The average molecular weight is 208 g/mol. The molecular formula is C10H12N2OS. The smallest absolute Gasteiger partial charge is 0.259 e. The van der Waals surface area contributed by atoms with E-state index in [9.17, 15) is 4.79 Å². The van der Waals surface area contributed by atoms with Gasteiger partial charge in [0.15, 0.2) is 5.17 Å². The van der Waals surface area contributed by atoms with E-state index < -0.39 is 0 Å². The number of amides is 1. The van der Waals surface area contributed by atoms with Crippen molar-refractivity contribution in [2.75, 3.05) is 13.3 Å². The number of thioether (sulfide) groups is 1. The van der Waals surface area contributed by atoms with Crippen molar-refractivity contribution in [1.82, 2.24) is 4.90 Å². The van der Waals surface area contributed by atoms with E-state index in [2.05, 4.69) is 0 Å². The highest BCUT2D eigenvalue weighted by molar-refractivity contribution is 8.13. The minimum absolute atomic E-state index is 0.148. The van der Waals surface area contributed by atoms with Crippen LogP contribution in [-0.2, 0) is 0 Å². The van der Waals surface area contributed by atoms with E-state index in [0.29, 0.717) is 5.56 Å². The summed E-state index contributed by atoms with van der Waals surface area (Å²) < 4.78 is 0. The standard InChI is InChI=1S/C10H12N2OS/c1-12(10(11)14-2)9(13)8-6-4-3-5-7-8/h3-7,11H,1-2H3. The number of benzene rings is 1. The molecule has 3 nitrogen and oxygen atoms in total. The van der Waals surface area contributed by atoms with Crippen LogP contribution in [-0.4, -0.2) is 29.3 Å². The van der Waals surface area contributed by atoms with Crippen LogP contribution >= 0.6 is 11.8 Å². The van der Waals surface area contributed by atoms with Crippen molar-refractivity contribution < 1.29 is 4.79 Å². The molecule has 1 aromatic carbocycles. The van der Waals surface area contributed by atoms with Gasteiger partial charge in [-0.1, -0.05) is 30.0 Å². The Morgan fingerprint density at radius 1 is 1.36 bits per heavy atom. The molecule has 14 heavy (non-hydrogen) atoms. The maximum Gasteiger partial charge on any atom is 0.259 e. The van der Waals surface area contributed by atoms with Crippen LogP contribution in [0.25, 0.3) is 0 Å². The summed E-state index contributed by atoms with van der Waals surface area (Å²) in [6, 6.07) is 8.96. The molecule has 1 N–H and O–H groups in total. The summed E-state index contributed by atoms with van der Waals surface area (Å²) >= 11 is 1.24. The number of carbonyl (C=O) groups excluding carboxylic acids is 1. The number of hydrogen-bond donors (Lipinski definition) is 1. The Morgan fingerprint density at radius 2 is 1.93 bits per heavy atom. The molecule has 4 heteroatoms. The quantitative estimate of drug-likeness (QED) is 0.567. The second kappa shape index (κ2) is 4.81. The molecule has 1 aromatic rings. The van der Waals surface area contributed by atoms with Crippen LogP contribution < -0.4 is 0 Å². The summed E-state index contributed by atoms with van der Waals surface area (Å²) in [6.45, 7) is 0. The van der Waals surface area contributed by atoms with E-state index in [4.69, 9.17) is 5.41 Å². The molecule has 0 aliphatic rings. The van der Waals surface area contributed by atoms with Gasteiger partial charge in [-0.05, 0) is 18.4 Å². The van der Waals surface area contributed by atoms with E-state index >= 15 is 0 Å². The number of rotatable bonds is 1. The normalized spacial score (nSPS) is 9.57. The first kappa shape index (κ1) is 10.8. The average Bonchev–Trinajstić information content (AvgIpc) is 2.27. The molecule has 0 aliphatic carbocycles. The van der Waals surface area contributed by atoms with Gasteiger partial charge in [-0.3, -0.25) is 15.1 Å². The second-order valence-corrected chi connectivity index (χ2v) is 3.53. The first-order valence-corrected chi connectivity index (χ1v) is 5.35. The Kier molecular flexibility index (Phi) is 3.71. The Morgan fingerprint density at radius 3 is 2.43 bits per heavy atom. The van der Waals surface area contributed by atoms with Gasteiger partial charge in [-0.25, -0.2) is 0 Å². The zero-order chi connectivity index (χ0) is 10.6. The minimum Gasteiger partial charge on any atom is -0.291 e. The van der Waals surface area contributed by atoms with E-state index in [1.165, 1.54) is 16.7 Å². The molecule has 0 aromatic heterocycles. The highest BCUT2D eigenvalue weighted by atomic mass is 32.2. The Balaban J connectivity index is 2.81. The van der Waals surface area contributed by atoms with Gasteiger partial charge >= 0.3 is 0 Å². The molecule has 0 saturated heterocycles. The van der Waals surface area contributed by atoms with Crippen molar-refractivity contribution in [1.29, 1.82) is 5.41 Å². The van der Waals surface area contributed by atoms with E-state index in [1.807, 2.05) is 18.2 Å². The first-order chi connectivity index (χ1) is 6.66. The fourth-order valence-electron chi connectivity index (χ4n) is 1.00. The molecule has 0 bridgehead atoms. The molecule has 0 atom stereocenters. The van der Waals surface area contributed by atoms with Crippen LogP contribution in [0.5, 0.6) is 0 Å². The van der Waals surface area contributed by atoms with Crippen molar-refractivity contribution >= 4 is 22.8 Å². The van der Waals surface area contributed by atoms with Crippen molar-refractivity contribution in [2.45, 2.75) is 0 Å². The maximum absolute atomic E-state index is 11.7. The number of amidine groups is 1. The number of hydrogen-bond acceptors (Lipinski definition) is 3. The molecule has 1 rings (SSSR count). The van der Waals surface area contributed by atoms with E-state index in [0.717, 1.165) is 0 Å². The number of nitrogens with one attached hydrogen (secondary N) is 1. The number of nitrogens with zero attached hydrogens (tertiary/aromatic N) is 1. The minimum atomic E-state index is -0.148. The molecule has 0 spiro atoms. The predicted octanol–water partition coefficient (Wildman–Crippen LogP) is 2.06. The summed E-state index contributed by atoms with van der Waals surface area (Å²) in [7, 11) is 1.61. The van der Waals surface area contributed by atoms with Crippen LogP contribution in [0.1, 0.15) is 10.4 Å². The molecule has 0 saturated carbocycles. The third-order valence-electron chi connectivity index (χ3n) is 1.82. The summed E-state index contributed by atoms with van der Waals surface area (Å²) in [5.74, 6) is -0.148. The van der Waals surface area contributed by atoms with Crippen molar-refractivity contribution in [3.05, 3.63) is 35.9 Å². The summed E-state index contributed by atoms with van der Waals surface area (Å²) in [5, 5.41) is 7.74. The SMILES string of the molecule is CSC(=N)N(C)C(=O)c1ccccc1. The largest absolute Gasteiger partial charge is 0.291 e. The first-order valence-electron chi connectivity index (χ1n) is 4.12. The lowest BCUT2D eigenvalue weighted by atomic mass is 10.2. The van der Waals surface area contributed by atoms with Gasteiger partial charge < -0.3 is 0 Å². The molecule has 0 radical (unpaired) electrons. The molecule has 0 heterocycles. The fourth-order valence-corrected chi connectivity index (χ4v) is 1.36. The highest BCUT2D eigenvalue weighted by Crippen LogP contribution is 2.07. The van der Waals surface area contributed by atoms with Crippen molar-refractivity contribution in [3.8, 4) is 0 Å². The van der Waals surface area contributed by atoms with Gasteiger partial charge in [0.25, 0.3) is 5.91 Å². The third-order valence-corrected chi connectivity index (χ3v) is 2.48. The van der Waals surface area contributed by atoms with Crippen LogP contribution in [0.15, 0.2) is 30.3 Å². The predicted molar refractivity (Wildman–Crippen MR) is 59.8 cm³/mol. The van der Waals surface area contributed by atoms with Crippen LogP contribution in [0.2, 0.25) is 0 Å². The van der Waals surface area contributed by atoms with Gasteiger partial charge in [0.2, 0.25) is 0 Å². The summed E-state index contributed by atoms with van der Waals surface area (Å²) in [6.07, 6.45) is 1.77. The Labute approximate surface area is 87.6 Å². The lowest BCUT2D eigenvalue weighted by Gasteiger charge is -2.15. The topological polar surface area (TPSA) is 44.2 Å². The lowest BCUT2D eigenvalue weighted by Crippen LogP contribution is -2.30. The summed E-state index contributed by atoms with van der Waals surface area (Å²) in [5.41, 5.74) is 0.605. The molecule has 0 unspecified atom stereocenters. The highest BCUT2D eigenvalue weighted by Gasteiger charge is 2.13. The molecule has 74 valence electrons. The third kappa shape index (κ3) is 2.35. The van der Waals surface area contributed by atoms with Crippen molar-refractivity contribution in [3.63, 3.8) is 0 Å². The van der Waals surface area contributed by atoms with Gasteiger partial charge in [0.05, 0.1) is 0 Å². The van der Waals surface area contributed by atoms with E-state index in [-0.39, 0.29) is 11.1 Å². The molecular weight excluding hydrogens is 196 g/mol. The molecule has 0 aliphatic heterocycles. The molecule has 1 amide bonds. The second-order valence-electron chi connectivity index (χ2n) is 2.74. The zero-order valence-electron chi connectivity index (χ0n) is 8.15. The van der Waals surface area contributed by atoms with E-state index in [1.54, 1.807) is 25.4 Å². The van der Waals surface area contributed by atoms with Gasteiger partial charge in [-0.2, -0.15) is 0 Å². The summed E-state index contributed by atoms with van der Waals surface area (Å²) in [4.78, 5) is 13.1. The zero-order valence-corrected chi connectivity index (χ0v) is 8.97. The van der Waals surface area contributed by atoms with Crippen LogP contribution in [0.3, 0.4) is 0 Å².